The fourth-order valence-electron chi connectivity index (χ4n) is 3.86. The molecule has 0 aromatic heterocycles. The molecule has 140 valence electrons. The van der Waals surface area contributed by atoms with E-state index < -0.39 is 0 Å². The first-order valence-corrected chi connectivity index (χ1v) is 9.28. The average molecular weight is 371 g/mol. The largest absolute Gasteiger partial charge is 0.380 e. The molecule has 4 rings (SSSR count). The lowest BCUT2D eigenvalue weighted by molar-refractivity contribution is -0.117. The molecular formula is C23H21N3O2. The first-order valence-electron chi connectivity index (χ1n) is 9.28. The Morgan fingerprint density at radius 2 is 1.79 bits per heavy atom. The molecule has 0 bridgehead atoms. The van der Waals surface area contributed by atoms with Gasteiger partial charge in [0.1, 0.15) is 6.04 Å². The molecule has 1 heterocycles. The Balaban J connectivity index is 1.72. The van der Waals surface area contributed by atoms with Crippen LogP contribution < -0.4 is 10.2 Å². The van der Waals surface area contributed by atoms with Crippen LogP contribution in [0.25, 0.3) is 10.8 Å². The number of nitrogens with one attached hydrogen (secondary N) is 1. The topological polar surface area (TPSA) is 65.4 Å². The van der Waals surface area contributed by atoms with Crippen LogP contribution in [0.15, 0.2) is 66.7 Å². The van der Waals surface area contributed by atoms with Crippen LogP contribution in [0.1, 0.15) is 12.0 Å². The highest BCUT2D eigenvalue weighted by Gasteiger charge is 2.37. The Kier molecular flexibility index (Phi) is 4.96. The van der Waals surface area contributed by atoms with Gasteiger partial charge < -0.3 is 15.0 Å². The maximum atomic E-state index is 13.1. The summed E-state index contributed by atoms with van der Waals surface area (Å²) in [5.74, 6) is -0.0563. The first-order chi connectivity index (χ1) is 13.7. The number of hydrogen-bond donors (Lipinski definition) is 1. The van der Waals surface area contributed by atoms with Gasteiger partial charge in [0.05, 0.1) is 17.7 Å². The number of nitriles is 1. The van der Waals surface area contributed by atoms with Gasteiger partial charge in [-0.05, 0) is 24.3 Å². The number of carbonyl (C=O) groups is 1. The molecule has 3 aromatic carbocycles. The van der Waals surface area contributed by atoms with Crippen molar-refractivity contribution in [3.05, 3.63) is 72.3 Å². The molecule has 5 heteroatoms. The molecule has 1 N–H and O–H groups in total. The maximum absolute atomic E-state index is 13.1. The first kappa shape index (κ1) is 18.0. The molecule has 1 aliphatic heterocycles. The predicted octanol–water partition coefficient (Wildman–Crippen LogP) is 3.94. The summed E-state index contributed by atoms with van der Waals surface area (Å²) in [6.45, 7) is 0.624. The Labute approximate surface area is 164 Å². The number of methoxy groups -OCH3 is 1. The lowest BCUT2D eigenvalue weighted by Gasteiger charge is -2.27. The zero-order valence-corrected chi connectivity index (χ0v) is 15.6. The molecule has 2 atom stereocenters. The van der Waals surface area contributed by atoms with E-state index in [0.29, 0.717) is 18.5 Å². The van der Waals surface area contributed by atoms with Crippen molar-refractivity contribution in [3.8, 4) is 6.07 Å². The van der Waals surface area contributed by atoms with Crippen LogP contribution in [0.4, 0.5) is 11.4 Å². The molecule has 5 nitrogen and oxygen atoms in total. The van der Waals surface area contributed by atoms with E-state index >= 15 is 0 Å². The van der Waals surface area contributed by atoms with Crippen molar-refractivity contribution in [3.63, 3.8) is 0 Å². The fourth-order valence-corrected chi connectivity index (χ4v) is 3.86. The third kappa shape index (κ3) is 3.30. The highest BCUT2D eigenvalue weighted by atomic mass is 16.5. The summed E-state index contributed by atoms with van der Waals surface area (Å²) in [7, 11) is 1.68. The Bertz CT molecular complexity index is 1040. The van der Waals surface area contributed by atoms with Gasteiger partial charge in [-0.15, -0.1) is 0 Å². The van der Waals surface area contributed by atoms with E-state index in [-0.39, 0.29) is 18.1 Å². The van der Waals surface area contributed by atoms with Gasteiger partial charge in [-0.3, -0.25) is 4.79 Å². The third-order valence-electron chi connectivity index (χ3n) is 5.27. The minimum atomic E-state index is -0.346. The molecule has 28 heavy (non-hydrogen) atoms. The monoisotopic (exact) mass is 371 g/mol. The van der Waals surface area contributed by atoms with Gasteiger partial charge >= 0.3 is 0 Å². The minimum Gasteiger partial charge on any atom is -0.380 e. The number of carbonyl (C=O) groups excluding carboxylic acids is 1. The van der Waals surface area contributed by atoms with E-state index in [1.165, 1.54) is 0 Å². The number of rotatable bonds is 4. The molecule has 1 fully saturated rings. The van der Waals surface area contributed by atoms with Crippen LogP contribution >= 0.6 is 0 Å². The number of nitrogens with zero attached hydrogens (tertiary/aromatic N) is 2. The lowest BCUT2D eigenvalue weighted by Crippen LogP contribution is -2.39. The highest BCUT2D eigenvalue weighted by Crippen LogP contribution is 2.35. The van der Waals surface area contributed by atoms with E-state index in [1.54, 1.807) is 7.11 Å². The number of benzene rings is 3. The molecule has 0 saturated carbocycles. The van der Waals surface area contributed by atoms with Crippen LogP contribution in [0.5, 0.6) is 0 Å². The average Bonchev–Trinajstić information content (AvgIpc) is 3.18. The molecular weight excluding hydrogens is 350 g/mol. The van der Waals surface area contributed by atoms with Crippen molar-refractivity contribution in [2.45, 2.75) is 18.6 Å². The molecule has 0 radical (unpaired) electrons. The third-order valence-corrected chi connectivity index (χ3v) is 5.27. The standard InChI is InChI=1S/C23H21N3O2/c1-28-18-13-22(23(27)25-17-7-3-2-4-8-17)26(15-18)21-12-11-16(14-24)19-9-5-6-10-20(19)21/h2-12,18,22H,13,15H2,1H3,(H,25,27)/t18-,22+/m1/s1. The number of ether oxygens (including phenoxy) is 1. The van der Waals surface area contributed by atoms with Gasteiger partial charge in [0.2, 0.25) is 5.91 Å². The lowest BCUT2D eigenvalue weighted by atomic mass is 10.0. The van der Waals surface area contributed by atoms with Gasteiger partial charge in [0.15, 0.2) is 0 Å². The maximum Gasteiger partial charge on any atom is 0.247 e. The molecule has 1 aliphatic rings. The van der Waals surface area contributed by atoms with Crippen LogP contribution in [-0.4, -0.2) is 31.7 Å². The Morgan fingerprint density at radius 1 is 1.07 bits per heavy atom. The van der Waals surface area contributed by atoms with Crippen molar-refractivity contribution in [2.75, 3.05) is 23.9 Å². The molecule has 0 spiro atoms. The second-order valence-electron chi connectivity index (χ2n) is 6.91. The van der Waals surface area contributed by atoms with Crippen LogP contribution in [0.2, 0.25) is 0 Å². The van der Waals surface area contributed by atoms with Crippen LogP contribution in [-0.2, 0) is 9.53 Å². The minimum absolute atomic E-state index is 0.0269. The molecule has 1 saturated heterocycles. The summed E-state index contributed by atoms with van der Waals surface area (Å²) in [6.07, 6.45) is 0.588. The number of para-hydroxylation sites is 1. The zero-order chi connectivity index (χ0) is 19.5. The van der Waals surface area contributed by atoms with Crippen molar-refractivity contribution in [2.24, 2.45) is 0 Å². The van der Waals surface area contributed by atoms with Crippen LogP contribution in [0.3, 0.4) is 0 Å². The summed E-state index contributed by atoms with van der Waals surface area (Å²) in [5, 5.41) is 14.3. The van der Waals surface area contributed by atoms with Gasteiger partial charge in [0, 0.05) is 42.2 Å². The SMILES string of the molecule is CO[C@@H]1C[C@@H](C(=O)Nc2ccccc2)N(c2ccc(C#N)c3ccccc23)C1. The smallest absolute Gasteiger partial charge is 0.247 e. The van der Waals surface area contributed by atoms with Gasteiger partial charge in [0.25, 0.3) is 0 Å². The summed E-state index contributed by atoms with van der Waals surface area (Å²) < 4.78 is 5.58. The van der Waals surface area contributed by atoms with E-state index in [2.05, 4.69) is 16.3 Å². The van der Waals surface area contributed by atoms with E-state index in [0.717, 1.165) is 22.1 Å². The Hall–Kier alpha value is -3.36. The molecule has 0 aliphatic carbocycles. The Morgan fingerprint density at radius 3 is 2.50 bits per heavy atom. The van der Waals surface area contributed by atoms with Crippen LogP contribution in [0, 0.1) is 11.3 Å². The second-order valence-corrected chi connectivity index (χ2v) is 6.91. The molecule has 1 amide bonds. The summed E-state index contributed by atoms with van der Waals surface area (Å²) >= 11 is 0. The normalized spacial score (nSPS) is 18.8. The summed E-state index contributed by atoms with van der Waals surface area (Å²) in [6, 6.07) is 22.9. The summed E-state index contributed by atoms with van der Waals surface area (Å²) in [4.78, 5) is 15.2. The number of amides is 1. The molecule has 3 aromatic rings. The predicted molar refractivity (Wildman–Crippen MR) is 110 cm³/mol. The highest BCUT2D eigenvalue weighted by molar-refractivity contribution is 6.02. The van der Waals surface area contributed by atoms with E-state index in [1.807, 2.05) is 66.7 Å². The second kappa shape index (κ2) is 7.71. The number of hydrogen-bond acceptors (Lipinski definition) is 4. The van der Waals surface area contributed by atoms with Gasteiger partial charge in [-0.25, -0.2) is 0 Å². The van der Waals surface area contributed by atoms with Gasteiger partial charge in [-0.2, -0.15) is 5.26 Å². The fraction of sp³-hybridized carbons (Fsp3) is 0.217. The van der Waals surface area contributed by atoms with Crippen molar-refractivity contribution >= 4 is 28.1 Å². The number of fused-ring (bicyclic) bond motifs is 1. The van der Waals surface area contributed by atoms with Crippen molar-refractivity contribution < 1.29 is 9.53 Å². The van der Waals surface area contributed by atoms with Crippen molar-refractivity contribution in [1.29, 1.82) is 5.26 Å². The van der Waals surface area contributed by atoms with Gasteiger partial charge in [-0.1, -0.05) is 42.5 Å². The van der Waals surface area contributed by atoms with E-state index in [9.17, 15) is 10.1 Å². The van der Waals surface area contributed by atoms with E-state index in [4.69, 9.17) is 4.74 Å². The number of anilines is 2. The molecule has 0 unspecified atom stereocenters. The van der Waals surface area contributed by atoms with Crippen molar-refractivity contribution in [1.82, 2.24) is 0 Å². The quantitative estimate of drug-likeness (QED) is 0.754. The summed E-state index contributed by atoms with van der Waals surface area (Å²) in [5.41, 5.74) is 2.35. The zero-order valence-electron chi connectivity index (χ0n) is 15.6.